The van der Waals surface area contributed by atoms with Crippen LogP contribution in [0, 0.1) is 11.8 Å². The fourth-order valence-electron chi connectivity index (χ4n) is 2.79. The molecule has 0 spiro atoms. The van der Waals surface area contributed by atoms with Crippen molar-refractivity contribution in [2.75, 3.05) is 24.2 Å². The second kappa shape index (κ2) is 6.49. The van der Waals surface area contributed by atoms with Crippen molar-refractivity contribution in [2.45, 2.75) is 38.8 Å². The van der Waals surface area contributed by atoms with E-state index in [1.807, 2.05) is 0 Å². The molecule has 1 fully saturated rings. The minimum atomic E-state index is -4.47. The van der Waals surface area contributed by atoms with Crippen LogP contribution in [0.2, 0.25) is 0 Å². The minimum absolute atomic E-state index is 0.0238. The molecule has 1 aliphatic carbocycles. The van der Waals surface area contributed by atoms with Gasteiger partial charge in [0, 0.05) is 19.7 Å². The lowest BCUT2D eigenvalue weighted by Crippen LogP contribution is -2.22. The van der Waals surface area contributed by atoms with Crippen molar-refractivity contribution in [3.05, 3.63) is 11.8 Å². The molecular weight excluding hydrogens is 281 g/mol. The highest BCUT2D eigenvalue weighted by Crippen LogP contribution is 2.31. The molecule has 1 saturated carbocycles. The first kappa shape index (κ1) is 15.9. The van der Waals surface area contributed by atoms with Crippen LogP contribution < -0.4 is 10.6 Å². The molecule has 2 atom stereocenters. The molecule has 21 heavy (non-hydrogen) atoms. The summed E-state index contributed by atoms with van der Waals surface area (Å²) < 4.78 is 38.4. The Morgan fingerprint density at radius 3 is 2.67 bits per heavy atom. The topological polar surface area (TPSA) is 49.8 Å². The van der Waals surface area contributed by atoms with Gasteiger partial charge in [-0.2, -0.15) is 18.2 Å². The van der Waals surface area contributed by atoms with E-state index in [1.165, 1.54) is 19.9 Å². The number of hydrogen-bond donors (Lipinski definition) is 2. The van der Waals surface area contributed by atoms with E-state index in [-0.39, 0.29) is 11.8 Å². The van der Waals surface area contributed by atoms with Crippen molar-refractivity contribution in [3.8, 4) is 0 Å². The van der Waals surface area contributed by atoms with Gasteiger partial charge in [0.2, 0.25) is 5.95 Å². The Morgan fingerprint density at radius 1 is 1.29 bits per heavy atom. The molecule has 0 saturated heterocycles. The Morgan fingerprint density at radius 2 is 2.05 bits per heavy atom. The van der Waals surface area contributed by atoms with Crippen molar-refractivity contribution in [3.63, 3.8) is 0 Å². The third-order valence-corrected chi connectivity index (χ3v) is 3.86. The molecule has 118 valence electrons. The fourth-order valence-corrected chi connectivity index (χ4v) is 2.79. The lowest BCUT2D eigenvalue weighted by atomic mass is 9.82. The summed E-state index contributed by atoms with van der Waals surface area (Å²) in [6.45, 7) is 2.87. The molecule has 0 amide bonds. The van der Waals surface area contributed by atoms with Crippen LogP contribution in [0.25, 0.3) is 0 Å². The van der Waals surface area contributed by atoms with Crippen LogP contribution >= 0.6 is 0 Å². The molecule has 2 N–H and O–H groups in total. The Labute approximate surface area is 122 Å². The molecule has 1 aromatic heterocycles. The maximum atomic E-state index is 12.8. The van der Waals surface area contributed by atoms with E-state index in [9.17, 15) is 13.2 Å². The summed E-state index contributed by atoms with van der Waals surface area (Å²) in [5.74, 6) is 1.38. The Hall–Kier alpha value is -1.53. The van der Waals surface area contributed by atoms with Crippen LogP contribution in [0.5, 0.6) is 0 Å². The minimum Gasteiger partial charge on any atom is -0.370 e. The summed E-state index contributed by atoms with van der Waals surface area (Å²) in [6, 6.07) is 0.965. The molecule has 2 unspecified atom stereocenters. The van der Waals surface area contributed by atoms with Gasteiger partial charge in [-0.1, -0.05) is 19.8 Å². The van der Waals surface area contributed by atoms with Crippen molar-refractivity contribution in [2.24, 2.45) is 11.8 Å². The van der Waals surface area contributed by atoms with Gasteiger partial charge in [0.05, 0.1) is 0 Å². The zero-order chi connectivity index (χ0) is 15.5. The highest BCUT2D eigenvalue weighted by molar-refractivity contribution is 5.42. The summed E-state index contributed by atoms with van der Waals surface area (Å²) in [6.07, 6.45) is 0.194. The summed E-state index contributed by atoms with van der Waals surface area (Å²) >= 11 is 0. The van der Waals surface area contributed by atoms with Crippen molar-refractivity contribution in [1.82, 2.24) is 9.97 Å². The van der Waals surface area contributed by atoms with Gasteiger partial charge >= 0.3 is 6.18 Å². The third kappa shape index (κ3) is 4.47. The molecule has 2 rings (SSSR count). The average Bonchev–Trinajstić information content (AvgIpc) is 2.44. The third-order valence-electron chi connectivity index (χ3n) is 3.86. The van der Waals surface area contributed by atoms with E-state index in [1.54, 1.807) is 0 Å². The van der Waals surface area contributed by atoms with Crippen molar-refractivity contribution < 1.29 is 13.2 Å². The highest BCUT2D eigenvalue weighted by atomic mass is 19.4. The number of aromatic nitrogens is 2. The number of halogens is 3. The molecule has 7 heteroatoms. The van der Waals surface area contributed by atoms with Crippen LogP contribution in [0.4, 0.5) is 24.9 Å². The second-order valence-corrected chi connectivity index (χ2v) is 5.73. The van der Waals surface area contributed by atoms with Crippen LogP contribution in [0.1, 0.15) is 38.3 Å². The molecular formula is C14H21F3N4. The normalized spacial score (nSPS) is 22.9. The first-order valence-corrected chi connectivity index (χ1v) is 7.26. The maximum absolute atomic E-state index is 12.8. The monoisotopic (exact) mass is 302 g/mol. The summed E-state index contributed by atoms with van der Waals surface area (Å²) in [5, 5.41) is 5.59. The molecule has 4 nitrogen and oxygen atoms in total. The van der Waals surface area contributed by atoms with Crippen LogP contribution in [0.15, 0.2) is 6.07 Å². The zero-order valence-corrected chi connectivity index (χ0v) is 12.3. The number of rotatable bonds is 4. The van der Waals surface area contributed by atoms with Crippen LogP contribution in [-0.4, -0.2) is 23.6 Å². The summed E-state index contributed by atoms with van der Waals surface area (Å²) in [4.78, 5) is 7.48. The fraction of sp³-hybridized carbons (Fsp3) is 0.714. The smallest absolute Gasteiger partial charge is 0.370 e. The molecule has 0 bridgehead atoms. The molecule has 1 heterocycles. The average molecular weight is 302 g/mol. The quantitative estimate of drug-likeness (QED) is 0.889. The molecule has 1 aliphatic rings. The highest BCUT2D eigenvalue weighted by Gasteiger charge is 2.33. The maximum Gasteiger partial charge on any atom is 0.433 e. The van der Waals surface area contributed by atoms with Crippen molar-refractivity contribution in [1.29, 1.82) is 0 Å². The van der Waals surface area contributed by atoms with Gasteiger partial charge in [-0.3, -0.25) is 0 Å². The number of alkyl halides is 3. The van der Waals surface area contributed by atoms with Crippen molar-refractivity contribution >= 4 is 11.8 Å². The van der Waals surface area contributed by atoms with Gasteiger partial charge < -0.3 is 10.6 Å². The second-order valence-electron chi connectivity index (χ2n) is 5.73. The lowest BCUT2D eigenvalue weighted by molar-refractivity contribution is -0.141. The molecule has 0 aromatic carbocycles. The standard InChI is InChI=1S/C14H21F3N4/c1-9-4-3-5-10(6-9)8-19-12-7-11(14(15,16)17)20-13(18-2)21-12/h7,9-10H,3-6,8H2,1-2H3,(H2,18,19,20,21). The van der Waals surface area contributed by atoms with Gasteiger partial charge in [0.25, 0.3) is 0 Å². The molecule has 0 aliphatic heterocycles. The van der Waals surface area contributed by atoms with Gasteiger partial charge in [-0.15, -0.1) is 0 Å². The first-order chi connectivity index (χ1) is 9.88. The number of anilines is 2. The Bertz CT molecular complexity index is 476. The van der Waals surface area contributed by atoms with Gasteiger partial charge in [0.15, 0.2) is 5.69 Å². The largest absolute Gasteiger partial charge is 0.433 e. The van der Waals surface area contributed by atoms with E-state index >= 15 is 0 Å². The van der Waals surface area contributed by atoms with Crippen LogP contribution in [-0.2, 0) is 6.18 Å². The first-order valence-electron chi connectivity index (χ1n) is 7.26. The number of hydrogen-bond acceptors (Lipinski definition) is 4. The Kier molecular flexibility index (Phi) is 4.90. The van der Waals surface area contributed by atoms with E-state index in [0.29, 0.717) is 18.4 Å². The van der Waals surface area contributed by atoms with Gasteiger partial charge in [0.1, 0.15) is 5.82 Å². The number of nitrogens with one attached hydrogen (secondary N) is 2. The van der Waals surface area contributed by atoms with E-state index in [2.05, 4.69) is 27.5 Å². The summed E-state index contributed by atoms with van der Waals surface area (Å²) in [7, 11) is 1.50. The van der Waals surface area contributed by atoms with Crippen LogP contribution in [0.3, 0.4) is 0 Å². The van der Waals surface area contributed by atoms with E-state index < -0.39 is 11.9 Å². The van der Waals surface area contributed by atoms with Gasteiger partial charge in [-0.05, 0) is 24.7 Å². The zero-order valence-electron chi connectivity index (χ0n) is 12.3. The predicted molar refractivity (Wildman–Crippen MR) is 76.2 cm³/mol. The van der Waals surface area contributed by atoms with E-state index in [0.717, 1.165) is 18.9 Å². The Balaban J connectivity index is 2.05. The number of nitrogens with zero attached hydrogens (tertiary/aromatic N) is 2. The molecule has 1 aromatic rings. The molecule has 0 radical (unpaired) electrons. The van der Waals surface area contributed by atoms with E-state index in [4.69, 9.17) is 0 Å². The van der Waals surface area contributed by atoms with Gasteiger partial charge in [-0.25, -0.2) is 4.98 Å². The SMILES string of the molecule is CNc1nc(NCC2CCCC(C)C2)cc(C(F)(F)F)n1. The summed E-state index contributed by atoms with van der Waals surface area (Å²) in [5.41, 5.74) is -0.929. The predicted octanol–water partition coefficient (Wildman–Crippen LogP) is 3.78. The lowest BCUT2D eigenvalue weighted by Gasteiger charge is -2.27.